The summed E-state index contributed by atoms with van der Waals surface area (Å²) in [5.41, 5.74) is -1.36. The highest BCUT2D eigenvalue weighted by Crippen LogP contribution is 2.30. The summed E-state index contributed by atoms with van der Waals surface area (Å²) in [6.45, 7) is 0. The minimum Gasteiger partial charge on any atom is -0.490 e. The second-order valence-corrected chi connectivity index (χ2v) is 6.10. The van der Waals surface area contributed by atoms with Gasteiger partial charge < -0.3 is 14.8 Å². The first-order valence-corrected chi connectivity index (χ1v) is 8.44. The number of benzene rings is 2. The van der Waals surface area contributed by atoms with E-state index >= 15 is 0 Å². The summed E-state index contributed by atoms with van der Waals surface area (Å²) in [4.78, 5) is 35.0. The number of ether oxygens (including phenoxy) is 2. The Hall–Kier alpha value is -3.63. The maximum absolute atomic E-state index is 12.9. The van der Waals surface area contributed by atoms with Gasteiger partial charge in [0.15, 0.2) is 5.75 Å². The zero-order chi connectivity index (χ0) is 22.5. The number of nitro groups is 1. The summed E-state index contributed by atoms with van der Waals surface area (Å²) < 4.78 is 48.1. The normalized spacial score (nSPS) is 12.0. The first kappa shape index (κ1) is 22.7. The van der Waals surface area contributed by atoms with Gasteiger partial charge in [-0.15, -0.1) is 0 Å². The van der Waals surface area contributed by atoms with Gasteiger partial charge in [0.25, 0.3) is 5.91 Å². The Morgan fingerprint density at radius 1 is 1.17 bits per heavy atom. The van der Waals surface area contributed by atoms with E-state index in [0.29, 0.717) is 11.6 Å². The molecule has 0 radical (unpaired) electrons. The van der Waals surface area contributed by atoms with Gasteiger partial charge in [0.2, 0.25) is 0 Å². The molecular weight excluding hydrogens is 409 g/mol. The largest absolute Gasteiger partial charge is 0.490 e. The van der Waals surface area contributed by atoms with E-state index in [2.05, 4.69) is 10.1 Å². The summed E-state index contributed by atoms with van der Waals surface area (Å²) in [6.07, 6.45) is -4.83. The number of esters is 1. The van der Waals surface area contributed by atoms with Gasteiger partial charge in [-0.2, -0.15) is 13.2 Å². The minimum absolute atomic E-state index is 0.00590. The molecule has 1 atom stereocenters. The summed E-state index contributed by atoms with van der Waals surface area (Å²) in [7, 11) is 2.33. The van der Waals surface area contributed by atoms with Crippen LogP contribution in [-0.4, -0.2) is 37.1 Å². The van der Waals surface area contributed by atoms with Crippen molar-refractivity contribution in [3.8, 4) is 5.75 Å². The molecule has 2 rings (SSSR count). The number of rotatable bonds is 7. The molecule has 0 aromatic heterocycles. The number of carbonyl (C=O) groups excluding carboxylic acids is 2. The number of methoxy groups -OCH3 is 2. The van der Waals surface area contributed by atoms with Gasteiger partial charge in [-0.25, -0.2) is 4.79 Å². The van der Waals surface area contributed by atoms with Crippen LogP contribution in [0.4, 0.5) is 18.9 Å². The fourth-order valence-corrected chi connectivity index (χ4v) is 2.65. The number of nitrogens with zero attached hydrogens (tertiary/aromatic N) is 1. The Balaban J connectivity index is 2.27. The quantitative estimate of drug-likeness (QED) is 0.414. The molecule has 8 nitrogen and oxygen atoms in total. The van der Waals surface area contributed by atoms with Crippen molar-refractivity contribution in [3.63, 3.8) is 0 Å². The molecule has 2 aromatic rings. The standard InChI is InChI=1S/C19H17F3N2O6/c1-29-16-7-6-11(9-15(16)24(27)28)8-14(18(26)30-2)23-17(25)12-4-3-5-13(10-12)19(20,21)22/h3-7,9-10,14H,8H2,1-2H3,(H,23,25)/t14-/m0/s1. The highest BCUT2D eigenvalue weighted by atomic mass is 19.4. The lowest BCUT2D eigenvalue weighted by atomic mass is 10.0. The van der Waals surface area contributed by atoms with Crippen LogP contribution in [0.5, 0.6) is 5.75 Å². The summed E-state index contributed by atoms with van der Waals surface area (Å²) in [5.74, 6) is -1.79. The van der Waals surface area contributed by atoms with Crippen LogP contribution in [0.2, 0.25) is 0 Å². The summed E-state index contributed by atoms with van der Waals surface area (Å²) in [6, 6.07) is 6.37. The van der Waals surface area contributed by atoms with Crippen molar-refractivity contribution in [2.75, 3.05) is 14.2 Å². The number of hydrogen-bond donors (Lipinski definition) is 1. The van der Waals surface area contributed by atoms with E-state index in [4.69, 9.17) is 4.74 Å². The molecular formula is C19H17F3N2O6. The molecule has 1 N–H and O–H groups in total. The third-order valence-electron chi connectivity index (χ3n) is 4.12. The van der Waals surface area contributed by atoms with Crippen LogP contribution in [0.1, 0.15) is 21.5 Å². The molecule has 0 fully saturated rings. The maximum Gasteiger partial charge on any atom is 0.416 e. The van der Waals surface area contributed by atoms with Gasteiger partial charge >= 0.3 is 17.8 Å². The van der Waals surface area contributed by atoms with Crippen LogP contribution in [0.25, 0.3) is 0 Å². The zero-order valence-electron chi connectivity index (χ0n) is 15.9. The van der Waals surface area contributed by atoms with Crippen LogP contribution in [0, 0.1) is 10.1 Å². The molecule has 1 amide bonds. The number of nitro benzene ring substituents is 1. The molecule has 0 heterocycles. The van der Waals surface area contributed by atoms with Gasteiger partial charge in [0.1, 0.15) is 6.04 Å². The van der Waals surface area contributed by atoms with Crippen LogP contribution in [0.15, 0.2) is 42.5 Å². The van der Waals surface area contributed by atoms with Crippen molar-refractivity contribution in [1.29, 1.82) is 0 Å². The SMILES string of the molecule is COC(=O)[C@H](Cc1ccc(OC)c([N+](=O)[O-])c1)NC(=O)c1cccc(C(F)(F)F)c1. The number of amides is 1. The Labute approximate surface area is 168 Å². The Bertz CT molecular complexity index is 962. The highest BCUT2D eigenvalue weighted by Gasteiger charge is 2.31. The fourth-order valence-electron chi connectivity index (χ4n) is 2.65. The van der Waals surface area contributed by atoms with E-state index in [1.165, 1.54) is 25.3 Å². The van der Waals surface area contributed by atoms with Gasteiger partial charge in [0.05, 0.1) is 24.7 Å². The predicted octanol–water partition coefficient (Wildman–Crippen LogP) is 3.14. The van der Waals surface area contributed by atoms with E-state index in [1.54, 1.807) is 0 Å². The van der Waals surface area contributed by atoms with Crippen LogP contribution >= 0.6 is 0 Å². The topological polar surface area (TPSA) is 108 Å². The molecule has 11 heteroatoms. The van der Waals surface area contributed by atoms with E-state index < -0.39 is 34.6 Å². The van der Waals surface area contributed by atoms with E-state index in [0.717, 1.165) is 25.3 Å². The Kier molecular flexibility index (Phi) is 6.98. The highest BCUT2D eigenvalue weighted by molar-refractivity contribution is 5.97. The molecule has 0 bridgehead atoms. The number of nitrogens with one attached hydrogen (secondary N) is 1. The monoisotopic (exact) mass is 426 g/mol. The van der Waals surface area contributed by atoms with Crippen LogP contribution in [0.3, 0.4) is 0 Å². The Morgan fingerprint density at radius 3 is 2.43 bits per heavy atom. The van der Waals surface area contributed by atoms with E-state index in [1.807, 2.05) is 0 Å². The molecule has 0 spiro atoms. The van der Waals surface area contributed by atoms with Crippen molar-refractivity contribution in [2.45, 2.75) is 18.6 Å². The maximum atomic E-state index is 12.9. The molecule has 0 unspecified atom stereocenters. The fraction of sp³-hybridized carbons (Fsp3) is 0.263. The first-order chi connectivity index (χ1) is 14.1. The van der Waals surface area contributed by atoms with E-state index in [9.17, 15) is 32.9 Å². The van der Waals surface area contributed by atoms with Crippen molar-refractivity contribution >= 4 is 17.6 Å². The first-order valence-electron chi connectivity index (χ1n) is 8.44. The van der Waals surface area contributed by atoms with Gasteiger partial charge in [-0.05, 0) is 29.8 Å². The number of hydrogen-bond acceptors (Lipinski definition) is 6. The van der Waals surface area contributed by atoms with Crippen LogP contribution < -0.4 is 10.1 Å². The molecule has 0 aliphatic carbocycles. The average molecular weight is 426 g/mol. The lowest BCUT2D eigenvalue weighted by Crippen LogP contribution is -2.43. The molecule has 30 heavy (non-hydrogen) atoms. The van der Waals surface area contributed by atoms with Gasteiger partial charge in [-0.1, -0.05) is 12.1 Å². The van der Waals surface area contributed by atoms with Crippen molar-refractivity contribution in [2.24, 2.45) is 0 Å². The third kappa shape index (κ3) is 5.46. The zero-order valence-corrected chi connectivity index (χ0v) is 15.9. The number of halogens is 3. The number of carbonyl (C=O) groups is 2. The third-order valence-corrected chi connectivity index (χ3v) is 4.12. The van der Waals surface area contributed by atoms with Crippen molar-refractivity contribution < 1.29 is 37.2 Å². The van der Waals surface area contributed by atoms with Crippen molar-refractivity contribution in [1.82, 2.24) is 5.32 Å². The summed E-state index contributed by atoms with van der Waals surface area (Å²) >= 11 is 0. The summed E-state index contributed by atoms with van der Waals surface area (Å²) in [5, 5.41) is 13.5. The molecule has 0 aliphatic rings. The second-order valence-electron chi connectivity index (χ2n) is 6.10. The average Bonchev–Trinajstić information content (AvgIpc) is 2.71. The molecule has 160 valence electrons. The van der Waals surface area contributed by atoms with Gasteiger partial charge in [0, 0.05) is 18.1 Å². The molecule has 0 saturated carbocycles. The van der Waals surface area contributed by atoms with Crippen molar-refractivity contribution in [3.05, 3.63) is 69.3 Å². The Morgan fingerprint density at radius 2 is 1.87 bits per heavy atom. The molecule has 0 saturated heterocycles. The van der Waals surface area contributed by atoms with Crippen LogP contribution in [-0.2, 0) is 22.1 Å². The lowest BCUT2D eigenvalue weighted by molar-refractivity contribution is -0.385. The molecule has 0 aliphatic heterocycles. The van der Waals surface area contributed by atoms with Gasteiger partial charge in [-0.3, -0.25) is 14.9 Å². The second kappa shape index (κ2) is 9.25. The predicted molar refractivity (Wildman–Crippen MR) is 98.1 cm³/mol. The lowest BCUT2D eigenvalue weighted by Gasteiger charge is -2.17. The molecule has 2 aromatic carbocycles. The minimum atomic E-state index is -4.64. The smallest absolute Gasteiger partial charge is 0.416 e. The van der Waals surface area contributed by atoms with E-state index in [-0.39, 0.29) is 23.4 Å². The number of alkyl halides is 3.